The van der Waals surface area contributed by atoms with E-state index in [1.807, 2.05) is 67.6 Å². The third-order valence-corrected chi connectivity index (χ3v) is 4.42. The highest BCUT2D eigenvalue weighted by molar-refractivity contribution is 6.31. The maximum atomic E-state index is 12.9. The number of nitrogens with zero attached hydrogens (tertiary/aromatic N) is 2. The summed E-state index contributed by atoms with van der Waals surface area (Å²) in [5.74, 6) is -0.0763. The molecule has 0 saturated heterocycles. The second-order valence-corrected chi connectivity index (χ2v) is 6.20. The fourth-order valence-corrected chi connectivity index (χ4v) is 2.90. The maximum absolute atomic E-state index is 12.9. The van der Waals surface area contributed by atoms with Crippen LogP contribution in [-0.2, 0) is 6.54 Å². The van der Waals surface area contributed by atoms with Crippen molar-refractivity contribution in [2.75, 3.05) is 16.8 Å². The van der Waals surface area contributed by atoms with E-state index in [9.17, 15) is 4.79 Å². The number of para-hydroxylation sites is 1. The minimum atomic E-state index is -0.0763. The number of carbonyl (C=O) groups is 1. The van der Waals surface area contributed by atoms with E-state index in [1.165, 1.54) is 0 Å². The first-order chi connectivity index (χ1) is 12.7. The summed E-state index contributed by atoms with van der Waals surface area (Å²) in [6.07, 6.45) is 3.29. The van der Waals surface area contributed by atoms with Crippen LogP contribution in [0.5, 0.6) is 0 Å². The monoisotopic (exact) mass is 365 g/mol. The summed E-state index contributed by atoms with van der Waals surface area (Å²) >= 11 is 6.18. The Balaban J connectivity index is 1.76. The van der Waals surface area contributed by atoms with Gasteiger partial charge >= 0.3 is 0 Å². The Bertz CT molecular complexity index is 883. The molecule has 0 radical (unpaired) electrons. The van der Waals surface area contributed by atoms with Gasteiger partial charge in [0.15, 0.2) is 0 Å². The Hall–Kier alpha value is -2.85. The molecular weight excluding hydrogens is 346 g/mol. The van der Waals surface area contributed by atoms with Crippen molar-refractivity contribution in [3.8, 4) is 0 Å². The Morgan fingerprint density at radius 1 is 1.08 bits per heavy atom. The number of aromatic nitrogens is 1. The van der Waals surface area contributed by atoms with Crippen LogP contribution in [0.2, 0.25) is 5.02 Å². The largest absolute Gasteiger partial charge is 0.380 e. The third-order valence-electron chi connectivity index (χ3n) is 4.06. The lowest BCUT2D eigenvalue weighted by Gasteiger charge is -2.21. The molecule has 0 fully saturated rings. The van der Waals surface area contributed by atoms with Gasteiger partial charge in [-0.25, -0.2) is 0 Å². The predicted octanol–water partition coefficient (Wildman–Crippen LogP) is 5.01. The number of anilines is 2. The van der Waals surface area contributed by atoms with Crippen molar-refractivity contribution in [3.05, 3.63) is 89.2 Å². The van der Waals surface area contributed by atoms with Gasteiger partial charge in [-0.15, -0.1) is 0 Å². The highest BCUT2D eigenvalue weighted by Crippen LogP contribution is 2.20. The van der Waals surface area contributed by atoms with E-state index in [1.54, 1.807) is 17.3 Å². The van der Waals surface area contributed by atoms with Crippen LogP contribution in [0.25, 0.3) is 0 Å². The lowest BCUT2D eigenvalue weighted by Crippen LogP contribution is -2.30. The van der Waals surface area contributed by atoms with Crippen LogP contribution in [0.3, 0.4) is 0 Å². The summed E-state index contributed by atoms with van der Waals surface area (Å²) in [4.78, 5) is 18.8. The molecule has 5 heteroatoms. The first kappa shape index (κ1) is 18.0. The van der Waals surface area contributed by atoms with Crippen LogP contribution in [0.1, 0.15) is 22.8 Å². The quantitative estimate of drug-likeness (QED) is 0.667. The zero-order valence-corrected chi connectivity index (χ0v) is 15.3. The summed E-state index contributed by atoms with van der Waals surface area (Å²) < 4.78 is 0. The summed E-state index contributed by atoms with van der Waals surface area (Å²) in [7, 11) is 0. The fraction of sp³-hybridized carbons (Fsp3) is 0.143. The highest BCUT2D eigenvalue weighted by atomic mass is 35.5. The molecule has 1 amide bonds. The molecule has 2 aromatic carbocycles. The van der Waals surface area contributed by atoms with Crippen LogP contribution >= 0.6 is 11.6 Å². The van der Waals surface area contributed by atoms with E-state index >= 15 is 0 Å². The molecule has 0 saturated carbocycles. The molecule has 1 heterocycles. The fourth-order valence-electron chi connectivity index (χ4n) is 2.70. The van der Waals surface area contributed by atoms with Crippen LogP contribution in [0, 0.1) is 0 Å². The van der Waals surface area contributed by atoms with Crippen molar-refractivity contribution in [2.45, 2.75) is 13.5 Å². The summed E-state index contributed by atoms with van der Waals surface area (Å²) in [5, 5.41) is 3.99. The number of pyridine rings is 1. The number of hydrogen-bond donors (Lipinski definition) is 1. The van der Waals surface area contributed by atoms with Crippen molar-refractivity contribution in [2.24, 2.45) is 0 Å². The predicted molar refractivity (Wildman–Crippen MR) is 107 cm³/mol. The number of halogens is 1. The number of rotatable bonds is 6. The van der Waals surface area contributed by atoms with Gasteiger partial charge in [0.05, 0.1) is 11.3 Å². The van der Waals surface area contributed by atoms with Gasteiger partial charge in [0.25, 0.3) is 5.91 Å². The van der Waals surface area contributed by atoms with Gasteiger partial charge in [-0.2, -0.15) is 0 Å². The smallest absolute Gasteiger partial charge is 0.259 e. The molecule has 1 aromatic heterocycles. The number of benzene rings is 2. The Morgan fingerprint density at radius 3 is 2.54 bits per heavy atom. The van der Waals surface area contributed by atoms with E-state index in [-0.39, 0.29) is 5.91 Å². The molecule has 0 spiro atoms. The van der Waals surface area contributed by atoms with Crippen molar-refractivity contribution < 1.29 is 4.79 Å². The van der Waals surface area contributed by atoms with E-state index in [0.29, 0.717) is 23.7 Å². The molecular formula is C21H20ClN3O. The molecule has 0 aliphatic rings. The Kier molecular flexibility index (Phi) is 5.87. The van der Waals surface area contributed by atoms with Crippen molar-refractivity contribution in [3.63, 3.8) is 0 Å². The normalized spacial score (nSPS) is 10.4. The molecule has 3 aromatic rings. The molecule has 0 bridgehead atoms. The van der Waals surface area contributed by atoms with Gasteiger partial charge < -0.3 is 10.2 Å². The van der Waals surface area contributed by atoms with Gasteiger partial charge in [0.2, 0.25) is 0 Å². The van der Waals surface area contributed by atoms with E-state index in [0.717, 1.165) is 16.9 Å². The van der Waals surface area contributed by atoms with E-state index in [2.05, 4.69) is 10.3 Å². The molecule has 26 heavy (non-hydrogen) atoms. The lowest BCUT2D eigenvalue weighted by molar-refractivity contribution is 0.0988. The molecule has 3 rings (SSSR count). The van der Waals surface area contributed by atoms with Crippen molar-refractivity contribution in [1.82, 2.24) is 4.98 Å². The van der Waals surface area contributed by atoms with Gasteiger partial charge in [-0.05, 0) is 36.8 Å². The topological polar surface area (TPSA) is 45.2 Å². The highest BCUT2D eigenvalue weighted by Gasteiger charge is 2.16. The minimum Gasteiger partial charge on any atom is -0.380 e. The minimum absolute atomic E-state index is 0.0763. The number of carbonyl (C=O) groups excluding carboxylic acids is 1. The van der Waals surface area contributed by atoms with Gasteiger partial charge in [0.1, 0.15) is 0 Å². The summed E-state index contributed by atoms with van der Waals surface area (Å²) in [5.41, 5.74) is 3.18. The zero-order chi connectivity index (χ0) is 18.4. The van der Waals surface area contributed by atoms with E-state index in [4.69, 9.17) is 11.6 Å². The average molecular weight is 366 g/mol. The molecule has 0 aliphatic heterocycles. The molecule has 0 aliphatic carbocycles. The summed E-state index contributed by atoms with van der Waals surface area (Å²) in [6.45, 7) is 3.10. The number of amides is 1. The third kappa shape index (κ3) is 4.21. The first-order valence-corrected chi connectivity index (χ1v) is 8.86. The second kappa shape index (κ2) is 8.50. The lowest BCUT2D eigenvalue weighted by atomic mass is 10.2. The number of nitrogens with one attached hydrogen (secondary N) is 1. The second-order valence-electron chi connectivity index (χ2n) is 5.79. The maximum Gasteiger partial charge on any atom is 0.259 e. The molecule has 4 nitrogen and oxygen atoms in total. The summed E-state index contributed by atoms with van der Waals surface area (Å²) in [6, 6.07) is 19.1. The molecule has 0 atom stereocenters. The molecule has 0 unspecified atom stereocenters. The van der Waals surface area contributed by atoms with Crippen LogP contribution in [-0.4, -0.2) is 17.4 Å². The van der Waals surface area contributed by atoms with Gasteiger partial charge in [0, 0.05) is 36.2 Å². The average Bonchev–Trinajstić information content (AvgIpc) is 2.69. The Morgan fingerprint density at radius 2 is 1.81 bits per heavy atom. The van der Waals surface area contributed by atoms with E-state index < -0.39 is 0 Å². The van der Waals surface area contributed by atoms with Crippen LogP contribution < -0.4 is 10.2 Å². The van der Waals surface area contributed by atoms with Gasteiger partial charge in [-0.1, -0.05) is 48.0 Å². The standard InChI is InChI=1S/C21H20ClN3O/c1-2-25(19-9-4-3-5-10-19)21(26)17-12-18(15-23-13-17)24-14-16-8-6-7-11-20(16)22/h3-13,15,24H,2,14H2,1H3. The molecule has 132 valence electrons. The Labute approximate surface area is 158 Å². The number of hydrogen-bond acceptors (Lipinski definition) is 3. The first-order valence-electron chi connectivity index (χ1n) is 8.48. The van der Waals surface area contributed by atoms with Crippen LogP contribution in [0.4, 0.5) is 11.4 Å². The molecule has 1 N–H and O–H groups in total. The van der Waals surface area contributed by atoms with Crippen LogP contribution in [0.15, 0.2) is 73.1 Å². The van der Waals surface area contributed by atoms with Crippen molar-refractivity contribution >= 4 is 28.9 Å². The zero-order valence-electron chi connectivity index (χ0n) is 14.5. The SMILES string of the molecule is CCN(C(=O)c1cncc(NCc2ccccc2Cl)c1)c1ccccc1. The van der Waals surface area contributed by atoms with Crippen molar-refractivity contribution in [1.29, 1.82) is 0 Å². The van der Waals surface area contributed by atoms with Gasteiger partial charge in [-0.3, -0.25) is 9.78 Å².